The summed E-state index contributed by atoms with van der Waals surface area (Å²) in [6.07, 6.45) is -3.48. The van der Waals surface area contributed by atoms with Gasteiger partial charge in [0.25, 0.3) is 5.91 Å². The number of para-hydroxylation sites is 1. The van der Waals surface area contributed by atoms with E-state index in [1.807, 2.05) is 0 Å². The smallest absolute Gasteiger partial charge is 0.406 e. The van der Waals surface area contributed by atoms with E-state index in [9.17, 15) is 26.4 Å². The van der Waals surface area contributed by atoms with Crippen LogP contribution in [0.25, 0.3) is 0 Å². The van der Waals surface area contributed by atoms with Crippen LogP contribution in [0.4, 0.5) is 24.5 Å². The SMILES string of the molecule is C=CCN1C(=O)C(=NNC(=S)Nc2ccccc2S(N)(=O)=O)c2cc(OC(F)(F)F)ccc21. The number of sulfonamides is 1. The van der Waals surface area contributed by atoms with Crippen molar-refractivity contribution in [1.29, 1.82) is 0 Å². The average molecular weight is 499 g/mol. The predicted octanol–water partition coefficient (Wildman–Crippen LogP) is 2.46. The maximum atomic E-state index is 12.8. The molecule has 0 aromatic heterocycles. The van der Waals surface area contributed by atoms with E-state index in [0.717, 1.165) is 12.1 Å². The number of rotatable bonds is 6. The van der Waals surface area contributed by atoms with Crippen LogP contribution >= 0.6 is 12.2 Å². The van der Waals surface area contributed by atoms with E-state index in [2.05, 4.69) is 27.2 Å². The molecule has 1 aliphatic rings. The summed E-state index contributed by atoms with van der Waals surface area (Å²) in [5.74, 6) is -1.15. The number of anilines is 2. The Balaban J connectivity index is 1.89. The van der Waals surface area contributed by atoms with Crippen molar-refractivity contribution in [2.75, 3.05) is 16.8 Å². The summed E-state index contributed by atoms with van der Waals surface area (Å²) in [5, 5.41) is 11.5. The van der Waals surface area contributed by atoms with Crippen LogP contribution in [0.15, 0.2) is 65.1 Å². The highest BCUT2D eigenvalue weighted by molar-refractivity contribution is 7.89. The quantitative estimate of drug-likeness (QED) is 0.317. The third-order valence-electron chi connectivity index (χ3n) is 4.22. The molecule has 0 fully saturated rings. The van der Waals surface area contributed by atoms with E-state index in [1.165, 1.54) is 41.3 Å². The summed E-state index contributed by atoms with van der Waals surface area (Å²) in [7, 11) is -4.05. The number of amides is 1. The number of carbonyl (C=O) groups is 1. The van der Waals surface area contributed by atoms with Gasteiger partial charge in [0.1, 0.15) is 10.6 Å². The zero-order valence-electron chi connectivity index (χ0n) is 16.6. The number of nitrogens with one attached hydrogen (secondary N) is 2. The van der Waals surface area contributed by atoms with Crippen LogP contribution < -0.4 is 25.5 Å². The predicted molar refractivity (Wildman–Crippen MR) is 119 cm³/mol. The third-order valence-corrected chi connectivity index (χ3v) is 5.38. The maximum Gasteiger partial charge on any atom is 0.573 e. The number of benzene rings is 2. The first-order chi connectivity index (χ1) is 15.4. The second-order valence-corrected chi connectivity index (χ2v) is 8.44. The molecule has 1 aliphatic heterocycles. The number of halogens is 3. The van der Waals surface area contributed by atoms with Gasteiger partial charge in [-0.15, -0.1) is 19.8 Å². The molecular weight excluding hydrogens is 483 g/mol. The molecule has 1 amide bonds. The summed E-state index contributed by atoms with van der Waals surface area (Å²) in [4.78, 5) is 13.8. The highest BCUT2D eigenvalue weighted by Crippen LogP contribution is 2.34. The Morgan fingerprint density at radius 2 is 1.97 bits per heavy atom. The number of alkyl halides is 3. The Bertz CT molecular complexity index is 1260. The fraction of sp³-hybridized carbons (Fsp3) is 0.105. The Hall–Kier alpha value is -3.49. The third kappa shape index (κ3) is 5.66. The van der Waals surface area contributed by atoms with Crippen molar-refractivity contribution in [3.63, 3.8) is 0 Å². The van der Waals surface area contributed by atoms with Crippen molar-refractivity contribution in [2.45, 2.75) is 11.3 Å². The van der Waals surface area contributed by atoms with Gasteiger partial charge >= 0.3 is 6.36 Å². The molecule has 0 spiro atoms. The first kappa shape index (κ1) is 24.2. The molecular formula is C19H16F3N5O4S2. The number of fused-ring (bicyclic) bond motifs is 1. The number of primary sulfonamides is 1. The number of carbonyl (C=O) groups excluding carboxylic acids is 1. The van der Waals surface area contributed by atoms with E-state index < -0.39 is 28.0 Å². The van der Waals surface area contributed by atoms with Crippen LogP contribution in [0.5, 0.6) is 5.75 Å². The van der Waals surface area contributed by atoms with E-state index in [1.54, 1.807) is 0 Å². The van der Waals surface area contributed by atoms with Gasteiger partial charge in [0.05, 0.1) is 11.4 Å². The van der Waals surface area contributed by atoms with Crippen molar-refractivity contribution < 1.29 is 31.1 Å². The van der Waals surface area contributed by atoms with E-state index >= 15 is 0 Å². The second-order valence-electron chi connectivity index (χ2n) is 6.50. The Labute approximate surface area is 191 Å². The number of thiocarbonyl (C=S) groups is 1. The molecule has 0 aliphatic carbocycles. The monoisotopic (exact) mass is 499 g/mol. The van der Waals surface area contributed by atoms with E-state index in [0.29, 0.717) is 5.69 Å². The number of hydrogen-bond donors (Lipinski definition) is 3. The number of hydrogen-bond acceptors (Lipinski definition) is 6. The molecule has 0 radical (unpaired) electrons. The van der Waals surface area contributed by atoms with Gasteiger partial charge in [-0.3, -0.25) is 10.2 Å². The first-order valence-electron chi connectivity index (χ1n) is 9.00. The minimum atomic E-state index is -4.92. The Kier molecular flexibility index (Phi) is 6.71. The van der Waals surface area contributed by atoms with Crippen LogP contribution in [-0.2, 0) is 14.8 Å². The number of hydrazone groups is 1. The van der Waals surface area contributed by atoms with Gasteiger partial charge in [0.2, 0.25) is 10.0 Å². The average Bonchev–Trinajstić information content (AvgIpc) is 2.96. The van der Waals surface area contributed by atoms with Gasteiger partial charge in [-0.1, -0.05) is 18.2 Å². The normalized spacial score (nSPS) is 14.7. The lowest BCUT2D eigenvalue weighted by Gasteiger charge is -2.14. The molecule has 0 saturated carbocycles. The summed E-state index contributed by atoms with van der Waals surface area (Å²) >= 11 is 5.09. The number of nitrogens with two attached hydrogens (primary N) is 1. The lowest BCUT2D eigenvalue weighted by molar-refractivity contribution is -0.274. The van der Waals surface area contributed by atoms with E-state index in [4.69, 9.17) is 17.4 Å². The van der Waals surface area contributed by atoms with Crippen molar-refractivity contribution in [2.24, 2.45) is 10.2 Å². The van der Waals surface area contributed by atoms with Gasteiger partial charge in [-0.25, -0.2) is 13.6 Å². The second kappa shape index (κ2) is 9.17. The molecule has 174 valence electrons. The van der Waals surface area contributed by atoms with Gasteiger partial charge in [-0.2, -0.15) is 5.10 Å². The Morgan fingerprint density at radius 1 is 1.27 bits per heavy atom. The maximum absolute atomic E-state index is 12.8. The van der Waals surface area contributed by atoms with E-state index in [-0.39, 0.29) is 33.5 Å². The molecule has 0 bridgehead atoms. The number of ether oxygens (including phenoxy) is 1. The minimum Gasteiger partial charge on any atom is -0.406 e. The molecule has 2 aromatic carbocycles. The topological polar surface area (TPSA) is 126 Å². The molecule has 33 heavy (non-hydrogen) atoms. The molecule has 3 rings (SSSR count). The Morgan fingerprint density at radius 3 is 2.61 bits per heavy atom. The molecule has 0 unspecified atom stereocenters. The molecule has 9 nitrogen and oxygen atoms in total. The van der Waals surface area contributed by atoms with Crippen LogP contribution in [-0.4, -0.2) is 38.1 Å². The highest BCUT2D eigenvalue weighted by atomic mass is 32.2. The van der Waals surface area contributed by atoms with Gasteiger partial charge in [0, 0.05) is 12.1 Å². The summed E-state index contributed by atoms with van der Waals surface area (Å²) < 4.78 is 65.2. The largest absolute Gasteiger partial charge is 0.573 e. The molecule has 0 atom stereocenters. The fourth-order valence-corrected chi connectivity index (χ4v) is 3.83. The van der Waals surface area contributed by atoms with Gasteiger partial charge in [-0.05, 0) is 42.5 Å². The standard InChI is InChI=1S/C19H16F3N5O4S2/c1-2-9-27-14-8-7-11(31-19(20,21)22)10-12(14)16(17(27)28)25-26-18(32)24-13-5-3-4-6-15(13)33(23,29)30/h2-8,10H,1,9H2,(H2,23,29,30)(H2,24,26,32). The van der Waals surface area contributed by atoms with Crippen LogP contribution in [0.3, 0.4) is 0 Å². The molecule has 4 N–H and O–H groups in total. The van der Waals surface area contributed by atoms with Gasteiger partial charge in [0.15, 0.2) is 10.8 Å². The molecule has 1 heterocycles. The zero-order chi connectivity index (χ0) is 24.4. The van der Waals surface area contributed by atoms with Crippen LogP contribution in [0, 0.1) is 0 Å². The first-order valence-corrected chi connectivity index (χ1v) is 11.0. The number of nitrogens with zero attached hydrogens (tertiary/aromatic N) is 2. The van der Waals surface area contributed by atoms with Gasteiger partial charge < -0.3 is 15.0 Å². The fourth-order valence-electron chi connectivity index (χ4n) is 2.98. The zero-order valence-corrected chi connectivity index (χ0v) is 18.2. The molecule has 14 heteroatoms. The van der Waals surface area contributed by atoms with Crippen LogP contribution in [0.1, 0.15) is 5.56 Å². The lowest BCUT2D eigenvalue weighted by Crippen LogP contribution is -2.32. The summed E-state index contributed by atoms with van der Waals surface area (Å²) in [5.41, 5.74) is 2.59. The van der Waals surface area contributed by atoms with Crippen molar-refractivity contribution in [3.05, 3.63) is 60.7 Å². The van der Waals surface area contributed by atoms with Crippen molar-refractivity contribution in [3.8, 4) is 5.75 Å². The molecule has 2 aromatic rings. The highest BCUT2D eigenvalue weighted by Gasteiger charge is 2.36. The van der Waals surface area contributed by atoms with Crippen LogP contribution in [0.2, 0.25) is 0 Å². The lowest BCUT2D eigenvalue weighted by atomic mass is 10.1. The van der Waals surface area contributed by atoms with Crippen molar-refractivity contribution in [1.82, 2.24) is 5.43 Å². The summed E-state index contributed by atoms with van der Waals surface area (Å²) in [6.45, 7) is 3.64. The summed E-state index contributed by atoms with van der Waals surface area (Å²) in [6, 6.07) is 9.06. The van der Waals surface area contributed by atoms with Crippen molar-refractivity contribution >= 4 is 50.3 Å². The minimum absolute atomic E-state index is 0.0602. The molecule has 0 saturated heterocycles.